The van der Waals surface area contributed by atoms with E-state index < -0.39 is 0 Å². The zero-order chi connectivity index (χ0) is 14.4. The summed E-state index contributed by atoms with van der Waals surface area (Å²) in [6.07, 6.45) is 16.3. The van der Waals surface area contributed by atoms with E-state index in [0.29, 0.717) is 11.2 Å². The summed E-state index contributed by atoms with van der Waals surface area (Å²) in [5.41, 5.74) is 5.52. The second-order valence-electron chi connectivity index (χ2n) is 7.90. The molecule has 114 valence electrons. The molecule has 21 heavy (non-hydrogen) atoms. The molecular weight excluding hydrogens is 256 g/mol. The molecule has 0 aromatic carbocycles. The summed E-state index contributed by atoms with van der Waals surface area (Å²) in [7, 11) is 0. The van der Waals surface area contributed by atoms with Crippen LogP contribution in [-0.4, -0.2) is 5.78 Å². The minimum absolute atomic E-state index is 0.366. The van der Waals surface area contributed by atoms with Crippen LogP contribution in [0.25, 0.3) is 0 Å². The summed E-state index contributed by atoms with van der Waals surface area (Å²) in [6, 6.07) is 0. The fraction of sp³-hybridized carbons (Fsp3) is 0.750. The predicted octanol–water partition coefficient (Wildman–Crippen LogP) is 5.36. The van der Waals surface area contributed by atoms with Gasteiger partial charge in [0.1, 0.15) is 0 Å². The molecule has 1 heteroatoms. The molecule has 2 saturated carbocycles. The number of fused-ring (bicyclic) bond motifs is 4. The van der Waals surface area contributed by atoms with E-state index in [0.717, 1.165) is 24.7 Å². The maximum absolute atomic E-state index is 11.7. The molecule has 0 aliphatic heterocycles. The van der Waals surface area contributed by atoms with Gasteiger partial charge >= 0.3 is 0 Å². The Morgan fingerprint density at radius 2 is 2.05 bits per heavy atom. The van der Waals surface area contributed by atoms with Gasteiger partial charge in [0, 0.05) is 6.42 Å². The van der Waals surface area contributed by atoms with E-state index in [2.05, 4.69) is 6.92 Å². The van der Waals surface area contributed by atoms with Gasteiger partial charge in [0.05, 0.1) is 0 Å². The molecule has 4 aliphatic carbocycles. The van der Waals surface area contributed by atoms with Crippen LogP contribution in [0.2, 0.25) is 0 Å². The topological polar surface area (TPSA) is 17.1 Å². The predicted molar refractivity (Wildman–Crippen MR) is 86.0 cm³/mol. The number of ketones is 1. The molecule has 4 rings (SSSR count). The van der Waals surface area contributed by atoms with Gasteiger partial charge in [0.2, 0.25) is 0 Å². The van der Waals surface area contributed by atoms with Crippen molar-refractivity contribution in [1.82, 2.24) is 0 Å². The van der Waals surface area contributed by atoms with Crippen molar-refractivity contribution in [3.05, 3.63) is 22.8 Å². The van der Waals surface area contributed by atoms with Crippen molar-refractivity contribution in [2.45, 2.75) is 77.6 Å². The molecule has 0 spiro atoms. The summed E-state index contributed by atoms with van der Waals surface area (Å²) in [4.78, 5) is 11.7. The number of hydrogen-bond donors (Lipinski definition) is 0. The smallest absolute Gasteiger partial charge is 0.156 e. The highest BCUT2D eigenvalue weighted by Crippen LogP contribution is 2.61. The van der Waals surface area contributed by atoms with Crippen molar-refractivity contribution >= 4 is 5.78 Å². The van der Waals surface area contributed by atoms with Crippen LogP contribution in [0.4, 0.5) is 0 Å². The summed E-state index contributed by atoms with van der Waals surface area (Å²) >= 11 is 0. The standard InChI is InChI=1S/C20H28O/c1-2-10-20-11-3-4-19(20)18-7-5-14-13-15(21)6-8-16(14)17(18)9-12-20/h13,18-19H,2-12H2,1H3/t18-,19+,20+/m1/s1. The first kappa shape index (κ1) is 13.8. The number of hydrogen-bond acceptors (Lipinski definition) is 1. The van der Waals surface area contributed by atoms with Crippen molar-refractivity contribution in [3.8, 4) is 0 Å². The molecule has 0 saturated heterocycles. The Hall–Kier alpha value is -0.850. The minimum atomic E-state index is 0.366. The van der Waals surface area contributed by atoms with Crippen LogP contribution in [0, 0.1) is 17.3 Å². The number of carbonyl (C=O) groups excluding carboxylic acids is 1. The Morgan fingerprint density at radius 3 is 2.90 bits per heavy atom. The molecule has 0 aromatic rings. The minimum Gasteiger partial charge on any atom is -0.295 e. The quantitative estimate of drug-likeness (QED) is 0.667. The fourth-order valence-corrected chi connectivity index (χ4v) is 6.26. The lowest BCUT2D eigenvalue weighted by atomic mass is 9.56. The number of rotatable bonds is 2. The van der Waals surface area contributed by atoms with Gasteiger partial charge in [0.25, 0.3) is 0 Å². The molecule has 2 fully saturated rings. The van der Waals surface area contributed by atoms with Gasteiger partial charge in [-0.25, -0.2) is 0 Å². The maximum atomic E-state index is 11.7. The van der Waals surface area contributed by atoms with Gasteiger partial charge in [-0.1, -0.05) is 25.3 Å². The van der Waals surface area contributed by atoms with Crippen molar-refractivity contribution in [1.29, 1.82) is 0 Å². The Morgan fingerprint density at radius 1 is 1.14 bits per heavy atom. The Labute approximate surface area is 128 Å². The molecule has 0 radical (unpaired) electrons. The highest BCUT2D eigenvalue weighted by molar-refractivity contribution is 5.93. The first-order valence-corrected chi connectivity index (χ1v) is 9.19. The number of allylic oxidation sites excluding steroid dienone is 4. The molecular formula is C20H28O. The van der Waals surface area contributed by atoms with Gasteiger partial charge in [-0.15, -0.1) is 0 Å². The molecule has 0 amide bonds. The van der Waals surface area contributed by atoms with Gasteiger partial charge in [-0.05, 0) is 85.8 Å². The fourth-order valence-electron chi connectivity index (χ4n) is 6.26. The summed E-state index contributed by atoms with van der Waals surface area (Å²) in [5, 5.41) is 0. The molecule has 3 atom stereocenters. The van der Waals surface area contributed by atoms with Gasteiger partial charge in [-0.3, -0.25) is 4.79 Å². The van der Waals surface area contributed by atoms with Gasteiger partial charge < -0.3 is 0 Å². The first-order valence-electron chi connectivity index (χ1n) is 9.19. The van der Waals surface area contributed by atoms with Crippen LogP contribution in [0.5, 0.6) is 0 Å². The molecule has 0 unspecified atom stereocenters. The molecule has 0 heterocycles. The lowest BCUT2D eigenvalue weighted by molar-refractivity contribution is -0.114. The average Bonchev–Trinajstić information content (AvgIpc) is 2.90. The third-order valence-corrected chi connectivity index (χ3v) is 7.01. The van der Waals surface area contributed by atoms with Crippen LogP contribution in [0.3, 0.4) is 0 Å². The monoisotopic (exact) mass is 284 g/mol. The van der Waals surface area contributed by atoms with E-state index >= 15 is 0 Å². The van der Waals surface area contributed by atoms with Crippen LogP contribution in [0.1, 0.15) is 77.6 Å². The van der Waals surface area contributed by atoms with E-state index in [9.17, 15) is 4.79 Å². The third kappa shape index (κ3) is 2.07. The van der Waals surface area contributed by atoms with Gasteiger partial charge in [-0.2, -0.15) is 0 Å². The average molecular weight is 284 g/mol. The normalized spacial score (nSPS) is 38.7. The van der Waals surface area contributed by atoms with Crippen LogP contribution in [-0.2, 0) is 4.79 Å². The molecule has 0 N–H and O–H groups in total. The first-order chi connectivity index (χ1) is 10.2. The van der Waals surface area contributed by atoms with E-state index in [1.54, 1.807) is 11.1 Å². The lowest BCUT2D eigenvalue weighted by Crippen LogP contribution is -2.38. The SMILES string of the molecule is CCC[C@@]12CCC[C@H]1[C@@H]1CCC3=CC(=O)CCC3=C1CC2. The van der Waals surface area contributed by atoms with Crippen molar-refractivity contribution in [2.75, 3.05) is 0 Å². The second-order valence-corrected chi connectivity index (χ2v) is 7.90. The summed E-state index contributed by atoms with van der Waals surface area (Å²) in [6.45, 7) is 2.37. The van der Waals surface area contributed by atoms with E-state index in [-0.39, 0.29) is 0 Å². The van der Waals surface area contributed by atoms with Gasteiger partial charge in [0.15, 0.2) is 5.78 Å². The Balaban J connectivity index is 1.70. The van der Waals surface area contributed by atoms with Crippen LogP contribution in [0.15, 0.2) is 22.8 Å². The maximum Gasteiger partial charge on any atom is 0.156 e. The van der Waals surface area contributed by atoms with Crippen LogP contribution < -0.4 is 0 Å². The summed E-state index contributed by atoms with van der Waals surface area (Å²) in [5.74, 6) is 2.20. The largest absolute Gasteiger partial charge is 0.295 e. The van der Waals surface area contributed by atoms with Crippen molar-refractivity contribution in [3.63, 3.8) is 0 Å². The Kier molecular flexibility index (Phi) is 3.35. The number of carbonyl (C=O) groups is 1. The summed E-state index contributed by atoms with van der Waals surface area (Å²) < 4.78 is 0. The zero-order valence-electron chi connectivity index (χ0n) is 13.4. The third-order valence-electron chi connectivity index (χ3n) is 7.01. The van der Waals surface area contributed by atoms with E-state index in [1.165, 1.54) is 63.4 Å². The van der Waals surface area contributed by atoms with Crippen molar-refractivity contribution < 1.29 is 4.79 Å². The molecule has 0 bridgehead atoms. The van der Waals surface area contributed by atoms with E-state index in [4.69, 9.17) is 0 Å². The second kappa shape index (κ2) is 5.11. The van der Waals surface area contributed by atoms with Crippen molar-refractivity contribution in [2.24, 2.45) is 17.3 Å². The molecule has 0 aromatic heterocycles. The molecule has 4 aliphatic rings. The lowest BCUT2D eigenvalue weighted by Gasteiger charge is -2.49. The highest BCUT2D eigenvalue weighted by atomic mass is 16.1. The zero-order valence-corrected chi connectivity index (χ0v) is 13.4. The highest BCUT2D eigenvalue weighted by Gasteiger charge is 2.50. The molecule has 1 nitrogen and oxygen atoms in total. The van der Waals surface area contributed by atoms with E-state index in [1.807, 2.05) is 6.08 Å². The van der Waals surface area contributed by atoms with Crippen LogP contribution >= 0.6 is 0 Å². The Bertz CT molecular complexity index is 524.